The maximum Gasteiger partial charge on any atom is 0.174 e. The Morgan fingerprint density at radius 3 is 3.11 bits per heavy atom. The number of benzene rings is 1. The zero-order valence-electron chi connectivity index (χ0n) is 10.5. The predicted octanol–water partition coefficient (Wildman–Crippen LogP) is 2.92. The minimum Gasteiger partial charge on any atom is -0.490 e. The van der Waals surface area contributed by atoms with Gasteiger partial charge in [-0.15, -0.1) is 0 Å². The van der Waals surface area contributed by atoms with Crippen molar-refractivity contribution in [2.45, 2.75) is 19.8 Å². The highest BCUT2D eigenvalue weighted by atomic mass is 35.5. The summed E-state index contributed by atoms with van der Waals surface area (Å²) in [4.78, 5) is 12.3. The molecule has 1 N–H and O–H groups in total. The summed E-state index contributed by atoms with van der Waals surface area (Å²) in [6.45, 7) is 4.18. The summed E-state index contributed by atoms with van der Waals surface area (Å²) in [5, 5.41) is 3.81. The van der Waals surface area contributed by atoms with Crippen molar-refractivity contribution in [1.29, 1.82) is 0 Å². The first-order chi connectivity index (χ1) is 8.74. The number of hydrogen-bond donors (Lipinski definition) is 1. The predicted molar refractivity (Wildman–Crippen MR) is 72.5 cm³/mol. The molecule has 1 aliphatic heterocycles. The molecular weight excluding hydrogens is 250 g/mol. The zero-order valence-corrected chi connectivity index (χ0v) is 11.3. The quantitative estimate of drug-likeness (QED) is 0.834. The van der Waals surface area contributed by atoms with Crippen LogP contribution in [0.4, 0.5) is 0 Å². The van der Waals surface area contributed by atoms with Gasteiger partial charge in [0.25, 0.3) is 0 Å². The lowest BCUT2D eigenvalue weighted by Gasteiger charge is -2.25. The second-order valence-electron chi connectivity index (χ2n) is 4.55. The van der Waals surface area contributed by atoms with Crippen LogP contribution in [0.1, 0.15) is 30.1 Å². The highest BCUT2D eigenvalue weighted by Gasteiger charge is 2.29. The van der Waals surface area contributed by atoms with Crippen LogP contribution in [0.15, 0.2) is 18.2 Å². The van der Waals surface area contributed by atoms with E-state index in [1.807, 2.05) is 0 Å². The molecule has 1 aliphatic rings. The van der Waals surface area contributed by atoms with E-state index in [9.17, 15) is 4.79 Å². The number of ketones is 1. The number of halogens is 1. The zero-order chi connectivity index (χ0) is 13.0. The third-order valence-corrected chi connectivity index (χ3v) is 3.43. The van der Waals surface area contributed by atoms with E-state index in [1.165, 1.54) is 0 Å². The van der Waals surface area contributed by atoms with Gasteiger partial charge in [-0.25, -0.2) is 0 Å². The van der Waals surface area contributed by atoms with E-state index >= 15 is 0 Å². The molecule has 1 atom stereocenters. The van der Waals surface area contributed by atoms with Crippen molar-refractivity contribution < 1.29 is 9.53 Å². The number of hydrogen-bond acceptors (Lipinski definition) is 3. The number of fused-ring (bicyclic) bond motifs is 1. The van der Waals surface area contributed by atoms with Gasteiger partial charge in [-0.05, 0) is 25.1 Å². The van der Waals surface area contributed by atoms with E-state index in [0.717, 1.165) is 19.4 Å². The van der Waals surface area contributed by atoms with Gasteiger partial charge in [0.05, 0.1) is 23.1 Å². The van der Waals surface area contributed by atoms with E-state index in [1.54, 1.807) is 18.2 Å². The molecule has 0 saturated heterocycles. The molecule has 1 aromatic rings. The number of carbonyl (C=O) groups excluding carboxylic acids is 1. The van der Waals surface area contributed by atoms with Crippen LogP contribution in [-0.2, 0) is 0 Å². The largest absolute Gasteiger partial charge is 0.490 e. The summed E-state index contributed by atoms with van der Waals surface area (Å²) in [6, 6.07) is 5.31. The van der Waals surface area contributed by atoms with Crippen molar-refractivity contribution in [2.24, 2.45) is 5.92 Å². The number of unbranched alkanes of at least 4 members (excludes halogenated alkanes) is 1. The molecule has 0 spiro atoms. The Morgan fingerprint density at radius 1 is 1.50 bits per heavy atom. The Balaban J connectivity index is 2.00. The third-order valence-electron chi connectivity index (χ3n) is 3.13. The van der Waals surface area contributed by atoms with Crippen molar-refractivity contribution >= 4 is 17.4 Å². The van der Waals surface area contributed by atoms with E-state index in [0.29, 0.717) is 29.5 Å². The standard InChI is InChI=1S/C14H18ClNO2/c1-2-3-7-16-8-10-9-18-14-11(13(10)17)5-4-6-12(14)15/h4-6,10,16H,2-3,7-9H2,1H3. The van der Waals surface area contributed by atoms with Gasteiger partial charge < -0.3 is 10.1 Å². The van der Waals surface area contributed by atoms with Crippen LogP contribution in [0, 0.1) is 5.92 Å². The Bertz CT molecular complexity index is 434. The SMILES string of the molecule is CCCCNCC1COc2c(Cl)cccc2C1=O. The molecule has 18 heavy (non-hydrogen) atoms. The molecule has 0 amide bonds. The fourth-order valence-corrected chi connectivity index (χ4v) is 2.29. The Hall–Kier alpha value is -1.06. The summed E-state index contributed by atoms with van der Waals surface area (Å²) in [5.74, 6) is 0.560. The average molecular weight is 268 g/mol. The number of nitrogens with one attached hydrogen (secondary N) is 1. The molecule has 2 rings (SSSR count). The molecule has 0 fully saturated rings. The molecule has 4 heteroatoms. The van der Waals surface area contributed by atoms with Gasteiger partial charge >= 0.3 is 0 Å². The fourth-order valence-electron chi connectivity index (χ4n) is 2.06. The molecule has 1 aromatic carbocycles. The van der Waals surface area contributed by atoms with Crippen molar-refractivity contribution in [3.8, 4) is 5.75 Å². The minimum atomic E-state index is -0.104. The Kier molecular flexibility index (Phi) is 4.61. The van der Waals surface area contributed by atoms with Crippen molar-refractivity contribution in [3.63, 3.8) is 0 Å². The van der Waals surface area contributed by atoms with Crippen LogP contribution in [-0.4, -0.2) is 25.5 Å². The number of rotatable bonds is 5. The average Bonchev–Trinajstić information content (AvgIpc) is 2.38. The molecule has 0 aliphatic carbocycles. The first-order valence-corrected chi connectivity index (χ1v) is 6.78. The number of ether oxygens (including phenoxy) is 1. The monoisotopic (exact) mass is 267 g/mol. The van der Waals surface area contributed by atoms with E-state index in [4.69, 9.17) is 16.3 Å². The molecule has 3 nitrogen and oxygen atoms in total. The lowest BCUT2D eigenvalue weighted by Crippen LogP contribution is -2.36. The Labute approximate surface area is 112 Å². The van der Waals surface area contributed by atoms with Gasteiger partial charge in [0.15, 0.2) is 5.78 Å². The molecule has 0 saturated carbocycles. The van der Waals surface area contributed by atoms with Crippen LogP contribution in [0.5, 0.6) is 5.75 Å². The van der Waals surface area contributed by atoms with Crippen molar-refractivity contribution in [1.82, 2.24) is 5.32 Å². The van der Waals surface area contributed by atoms with Gasteiger partial charge in [-0.1, -0.05) is 31.0 Å². The van der Waals surface area contributed by atoms with Gasteiger partial charge in [0.2, 0.25) is 0 Å². The lowest BCUT2D eigenvalue weighted by molar-refractivity contribution is 0.0830. The highest BCUT2D eigenvalue weighted by molar-refractivity contribution is 6.32. The van der Waals surface area contributed by atoms with Crippen LogP contribution in [0.25, 0.3) is 0 Å². The maximum atomic E-state index is 12.3. The summed E-state index contributed by atoms with van der Waals surface area (Å²) in [7, 11) is 0. The van der Waals surface area contributed by atoms with Gasteiger partial charge in [-0.3, -0.25) is 4.79 Å². The summed E-state index contributed by atoms with van der Waals surface area (Å²) < 4.78 is 5.60. The molecule has 1 heterocycles. The van der Waals surface area contributed by atoms with Gasteiger partial charge in [0.1, 0.15) is 5.75 Å². The van der Waals surface area contributed by atoms with Crippen LogP contribution in [0.2, 0.25) is 5.02 Å². The smallest absolute Gasteiger partial charge is 0.174 e. The lowest BCUT2D eigenvalue weighted by atomic mass is 9.95. The van der Waals surface area contributed by atoms with Crippen LogP contribution in [0.3, 0.4) is 0 Å². The molecule has 0 radical (unpaired) electrons. The van der Waals surface area contributed by atoms with Crippen molar-refractivity contribution in [3.05, 3.63) is 28.8 Å². The molecule has 0 bridgehead atoms. The number of Topliss-reactive ketones (excluding diaryl/α,β-unsaturated/α-hetero) is 1. The van der Waals surface area contributed by atoms with Crippen LogP contribution >= 0.6 is 11.6 Å². The molecule has 98 valence electrons. The van der Waals surface area contributed by atoms with Gasteiger partial charge in [-0.2, -0.15) is 0 Å². The second kappa shape index (κ2) is 6.21. The topological polar surface area (TPSA) is 38.3 Å². The van der Waals surface area contributed by atoms with E-state index in [-0.39, 0.29) is 11.7 Å². The minimum absolute atomic E-state index is 0.104. The maximum absolute atomic E-state index is 12.3. The molecule has 1 unspecified atom stereocenters. The highest BCUT2D eigenvalue weighted by Crippen LogP contribution is 2.33. The van der Waals surface area contributed by atoms with Gasteiger partial charge in [0, 0.05) is 6.54 Å². The third kappa shape index (κ3) is 2.85. The van der Waals surface area contributed by atoms with Crippen molar-refractivity contribution in [2.75, 3.05) is 19.7 Å². The summed E-state index contributed by atoms with van der Waals surface area (Å²) in [6.07, 6.45) is 2.28. The number of para-hydroxylation sites is 1. The number of carbonyl (C=O) groups is 1. The first-order valence-electron chi connectivity index (χ1n) is 6.40. The summed E-state index contributed by atoms with van der Waals surface area (Å²) in [5.41, 5.74) is 0.607. The molecule has 0 aromatic heterocycles. The normalized spacial score (nSPS) is 18.3. The Morgan fingerprint density at radius 2 is 2.33 bits per heavy atom. The van der Waals surface area contributed by atoms with Crippen LogP contribution < -0.4 is 10.1 Å². The van der Waals surface area contributed by atoms with E-state index in [2.05, 4.69) is 12.2 Å². The summed E-state index contributed by atoms with van der Waals surface area (Å²) >= 11 is 6.01. The second-order valence-corrected chi connectivity index (χ2v) is 4.95. The fraction of sp³-hybridized carbons (Fsp3) is 0.500. The van der Waals surface area contributed by atoms with E-state index < -0.39 is 0 Å². The molecular formula is C14H18ClNO2. The first kappa shape index (κ1) is 13.4.